The van der Waals surface area contributed by atoms with Crippen LogP contribution in [0.5, 0.6) is 17.2 Å². The number of carbonyl (C=O) groups is 3. The molecule has 0 aliphatic heterocycles. The SMILES string of the molecule is CC(=O)Oc1ccc2c(Cl)cc(Cl)c(NC(=O)Oc3ccccc3)c2c1.CCCc1ccc(C)cc1.CCCc1ccc(NC(=O)Nc2c(Cl)cc(Cl)c3ccc(O)cc23)cc1. The summed E-state index contributed by atoms with van der Waals surface area (Å²) in [5.74, 6) is 0.295. The maximum Gasteiger partial charge on any atom is 0.417 e. The number of nitrogens with one attached hydrogen (secondary N) is 3. The van der Waals surface area contributed by atoms with Crippen molar-refractivity contribution in [3.8, 4) is 17.2 Å². The van der Waals surface area contributed by atoms with E-state index in [1.165, 1.54) is 54.7 Å². The number of hydrogen-bond donors (Lipinski definition) is 4. The number of rotatable bonds is 9. The lowest BCUT2D eigenvalue weighted by Crippen LogP contribution is -2.19. The van der Waals surface area contributed by atoms with Gasteiger partial charge in [0.1, 0.15) is 17.2 Å². The Morgan fingerprint density at radius 1 is 0.548 bits per heavy atom. The Morgan fingerprint density at radius 3 is 1.65 bits per heavy atom. The van der Waals surface area contributed by atoms with Gasteiger partial charge in [0.2, 0.25) is 0 Å². The fraction of sp³-hybridized carbons (Fsp3) is 0.163. The predicted molar refractivity (Wildman–Crippen MR) is 255 cm³/mol. The minimum Gasteiger partial charge on any atom is -0.508 e. The molecule has 62 heavy (non-hydrogen) atoms. The Morgan fingerprint density at radius 2 is 1.08 bits per heavy atom. The second-order valence-electron chi connectivity index (χ2n) is 14.1. The highest BCUT2D eigenvalue weighted by atomic mass is 35.5. The van der Waals surface area contributed by atoms with Crippen LogP contribution in [0, 0.1) is 6.92 Å². The summed E-state index contributed by atoms with van der Waals surface area (Å²) in [4.78, 5) is 35.8. The van der Waals surface area contributed by atoms with Crippen molar-refractivity contribution in [2.45, 2.75) is 53.4 Å². The van der Waals surface area contributed by atoms with Crippen LogP contribution in [0.4, 0.5) is 26.7 Å². The highest BCUT2D eigenvalue weighted by molar-refractivity contribution is 6.42. The number of fused-ring (bicyclic) bond motifs is 2. The van der Waals surface area contributed by atoms with Crippen LogP contribution in [0.1, 0.15) is 50.3 Å². The van der Waals surface area contributed by atoms with Gasteiger partial charge in [-0.2, -0.15) is 0 Å². The van der Waals surface area contributed by atoms with Gasteiger partial charge in [-0.25, -0.2) is 9.59 Å². The van der Waals surface area contributed by atoms with Gasteiger partial charge in [-0.3, -0.25) is 10.1 Å². The molecule has 0 spiro atoms. The maximum absolute atomic E-state index is 12.4. The molecule has 0 atom stereocenters. The number of anilines is 3. The van der Waals surface area contributed by atoms with Gasteiger partial charge in [0, 0.05) is 34.2 Å². The van der Waals surface area contributed by atoms with Crippen molar-refractivity contribution < 1.29 is 29.0 Å². The van der Waals surface area contributed by atoms with E-state index in [0.717, 1.165) is 12.8 Å². The van der Waals surface area contributed by atoms with Crippen molar-refractivity contribution in [2.75, 3.05) is 16.0 Å². The van der Waals surface area contributed by atoms with Crippen molar-refractivity contribution in [1.82, 2.24) is 0 Å². The zero-order chi connectivity index (χ0) is 44.8. The number of halogens is 4. The molecule has 0 radical (unpaired) electrons. The van der Waals surface area contributed by atoms with Crippen LogP contribution in [-0.2, 0) is 17.6 Å². The summed E-state index contributed by atoms with van der Waals surface area (Å²) >= 11 is 24.9. The average molecular weight is 914 g/mol. The van der Waals surface area contributed by atoms with E-state index < -0.39 is 18.1 Å². The van der Waals surface area contributed by atoms with Gasteiger partial charge in [-0.1, -0.05) is 133 Å². The van der Waals surface area contributed by atoms with E-state index in [1.54, 1.807) is 54.6 Å². The van der Waals surface area contributed by atoms with Crippen molar-refractivity contribution in [3.63, 3.8) is 0 Å². The summed E-state index contributed by atoms with van der Waals surface area (Å²) in [7, 11) is 0. The smallest absolute Gasteiger partial charge is 0.417 e. The van der Waals surface area contributed by atoms with Gasteiger partial charge in [0.15, 0.2) is 0 Å². The highest BCUT2D eigenvalue weighted by Crippen LogP contribution is 2.39. The van der Waals surface area contributed by atoms with Crippen LogP contribution >= 0.6 is 46.4 Å². The largest absolute Gasteiger partial charge is 0.508 e. The molecule has 0 saturated heterocycles. The molecular formula is C49H45Cl4N3O6. The molecule has 0 unspecified atom stereocenters. The quantitative estimate of drug-likeness (QED) is 0.0844. The molecule has 7 aromatic carbocycles. The Bertz CT molecular complexity index is 2660. The first-order valence-corrected chi connectivity index (χ1v) is 21.2. The number of aromatic hydroxyl groups is 1. The molecule has 13 heteroatoms. The van der Waals surface area contributed by atoms with Gasteiger partial charge < -0.3 is 25.2 Å². The molecule has 0 aromatic heterocycles. The second kappa shape index (κ2) is 22.8. The molecule has 9 nitrogen and oxygen atoms in total. The molecule has 320 valence electrons. The molecule has 4 N–H and O–H groups in total. The third kappa shape index (κ3) is 13.5. The average Bonchev–Trinajstić information content (AvgIpc) is 3.23. The van der Waals surface area contributed by atoms with E-state index >= 15 is 0 Å². The standard InChI is InChI=1S/C20H18Cl2N2O2.C19H13Cl2NO4.C10H14/c1-2-3-12-4-6-13(7-5-12)23-20(26)24-19-16-10-14(25)8-9-15(16)17(21)11-18(19)22;1-11(23)25-13-7-8-14-15(9-13)18(17(21)10-16(14)20)22-19(24)26-12-5-3-2-4-6-12;1-3-4-10-7-5-9(2)6-8-10/h4-11,25H,2-3H2,1H3,(H2,23,24,26);2-10H,1H3,(H,22,24);5-8H,3-4H2,1-2H3. The number of hydrogen-bond acceptors (Lipinski definition) is 6. The molecular weight excluding hydrogens is 868 g/mol. The molecule has 7 aromatic rings. The first kappa shape index (κ1) is 47.1. The van der Waals surface area contributed by atoms with Gasteiger partial charge in [-0.15, -0.1) is 0 Å². The summed E-state index contributed by atoms with van der Waals surface area (Å²) in [6, 6.07) is 37.3. The molecule has 0 aliphatic rings. The van der Waals surface area contributed by atoms with Crippen LogP contribution in [0.3, 0.4) is 0 Å². The Hall–Kier alpha value is -5.97. The number of ether oxygens (including phenoxy) is 2. The number of esters is 1. The Labute approximate surface area is 380 Å². The van der Waals surface area contributed by atoms with Crippen LogP contribution in [0.15, 0.2) is 127 Å². The summed E-state index contributed by atoms with van der Waals surface area (Å²) in [5.41, 5.74) is 5.40. The van der Waals surface area contributed by atoms with Gasteiger partial charge >= 0.3 is 18.1 Å². The third-order valence-corrected chi connectivity index (χ3v) is 10.3. The van der Waals surface area contributed by atoms with Crippen LogP contribution < -0.4 is 25.4 Å². The predicted octanol–water partition coefficient (Wildman–Crippen LogP) is 15.1. The molecule has 0 fully saturated rings. The number of urea groups is 1. The van der Waals surface area contributed by atoms with Crippen LogP contribution in [-0.4, -0.2) is 23.2 Å². The molecule has 0 heterocycles. The van der Waals surface area contributed by atoms with E-state index in [4.69, 9.17) is 55.9 Å². The van der Waals surface area contributed by atoms with E-state index in [1.807, 2.05) is 30.3 Å². The maximum atomic E-state index is 12.4. The number of phenolic OH excluding ortho intramolecular Hbond substituents is 1. The molecule has 0 bridgehead atoms. The zero-order valence-electron chi connectivity index (χ0n) is 34.5. The normalized spacial score (nSPS) is 10.5. The van der Waals surface area contributed by atoms with Crippen LogP contribution in [0.2, 0.25) is 20.1 Å². The number of phenols is 1. The van der Waals surface area contributed by atoms with Crippen molar-refractivity contribution in [1.29, 1.82) is 0 Å². The fourth-order valence-corrected chi connectivity index (χ4v) is 7.41. The van der Waals surface area contributed by atoms with Gasteiger partial charge in [-0.05, 0) is 104 Å². The molecule has 3 amide bonds. The number of benzene rings is 7. The summed E-state index contributed by atoms with van der Waals surface area (Å²) in [5, 5.41) is 21.7. The van der Waals surface area contributed by atoms with Gasteiger partial charge in [0.05, 0.1) is 31.5 Å². The summed E-state index contributed by atoms with van der Waals surface area (Å²) < 4.78 is 10.3. The summed E-state index contributed by atoms with van der Waals surface area (Å²) in [6.45, 7) is 7.75. The molecule has 0 aliphatic carbocycles. The first-order chi connectivity index (χ1) is 29.7. The molecule has 0 saturated carbocycles. The van der Waals surface area contributed by atoms with Crippen molar-refractivity contribution >= 4 is 103 Å². The second-order valence-corrected chi connectivity index (χ2v) is 15.7. The Balaban J connectivity index is 0.000000192. The lowest BCUT2D eigenvalue weighted by Gasteiger charge is -2.13. The topological polar surface area (TPSA) is 126 Å². The first-order valence-electron chi connectivity index (χ1n) is 19.7. The minimum absolute atomic E-state index is 0.0609. The fourth-order valence-electron chi connectivity index (χ4n) is 6.23. The monoisotopic (exact) mass is 911 g/mol. The Kier molecular flexibility index (Phi) is 17.3. The summed E-state index contributed by atoms with van der Waals surface area (Å²) in [6.07, 6.45) is 3.81. The minimum atomic E-state index is -0.709. The van der Waals surface area contributed by atoms with Crippen molar-refractivity contribution in [3.05, 3.63) is 164 Å². The molecule has 7 rings (SSSR count). The zero-order valence-corrected chi connectivity index (χ0v) is 37.5. The van der Waals surface area contributed by atoms with E-state index in [2.05, 4.69) is 61.0 Å². The third-order valence-electron chi connectivity index (χ3n) is 9.12. The number of carbonyl (C=O) groups excluding carboxylic acids is 3. The van der Waals surface area contributed by atoms with E-state index in [-0.39, 0.29) is 10.8 Å². The van der Waals surface area contributed by atoms with E-state index in [0.29, 0.717) is 65.2 Å². The number of aryl methyl sites for hydroxylation is 3. The van der Waals surface area contributed by atoms with Gasteiger partial charge in [0.25, 0.3) is 0 Å². The number of amides is 3. The highest BCUT2D eigenvalue weighted by Gasteiger charge is 2.16. The lowest BCUT2D eigenvalue weighted by molar-refractivity contribution is -0.131. The number of para-hydroxylation sites is 1. The van der Waals surface area contributed by atoms with Crippen molar-refractivity contribution in [2.24, 2.45) is 0 Å². The lowest BCUT2D eigenvalue weighted by atomic mass is 10.1. The van der Waals surface area contributed by atoms with Crippen LogP contribution in [0.25, 0.3) is 21.5 Å². The van der Waals surface area contributed by atoms with E-state index in [9.17, 15) is 19.5 Å².